The topological polar surface area (TPSA) is 46.2 Å². The van der Waals surface area contributed by atoms with Crippen LogP contribution in [0.25, 0.3) is 0 Å². The van der Waals surface area contributed by atoms with Crippen LogP contribution in [0.5, 0.6) is 0 Å². The van der Waals surface area contributed by atoms with Gasteiger partial charge in [-0.3, -0.25) is 0 Å². The van der Waals surface area contributed by atoms with Gasteiger partial charge in [0.15, 0.2) is 9.84 Å². The summed E-state index contributed by atoms with van der Waals surface area (Å²) in [4.78, 5) is 0.356. The SMILES string of the molecule is CCS(=O)(=O)c1ccccc1NCc1ccccc1Br. The van der Waals surface area contributed by atoms with Gasteiger partial charge in [-0.1, -0.05) is 53.2 Å². The van der Waals surface area contributed by atoms with Crippen molar-refractivity contribution in [3.05, 3.63) is 58.6 Å². The average Bonchev–Trinajstić information content (AvgIpc) is 2.47. The maximum absolute atomic E-state index is 12.1. The Balaban J connectivity index is 2.25. The van der Waals surface area contributed by atoms with E-state index in [9.17, 15) is 8.42 Å². The molecule has 0 aliphatic carbocycles. The standard InChI is InChI=1S/C15H16BrNO2S/c1-2-20(18,19)15-10-6-5-9-14(15)17-11-12-7-3-4-8-13(12)16/h3-10,17H,2,11H2,1H3. The molecule has 2 rings (SSSR count). The Kier molecular flexibility index (Phi) is 4.83. The molecule has 0 atom stereocenters. The van der Waals surface area contributed by atoms with E-state index in [0.717, 1.165) is 10.0 Å². The first-order chi connectivity index (χ1) is 9.54. The van der Waals surface area contributed by atoms with Crippen molar-refractivity contribution in [2.45, 2.75) is 18.4 Å². The van der Waals surface area contributed by atoms with Gasteiger partial charge in [0.2, 0.25) is 0 Å². The van der Waals surface area contributed by atoms with Gasteiger partial charge in [-0.15, -0.1) is 0 Å². The molecule has 0 aromatic heterocycles. The van der Waals surface area contributed by atoms with Crippen molar-refractivity contribution in [2.75, 3.05) is 11.1 Å². The van der Waals surface area contributed by atoms with Crippen LogP contribution in [-0.2, 0) is 16.4 Å². The molecule has 0 aliphatic heterocycles. The molecule has 0 bridgehead atoms. The molecule has 2 aromatic carbocycles. The predicted molar refractivity (Wildman–Crippen MR) is 85.6 cm³/mol. The average molecular weight is 354 g/mol. The summed E-state index contributed by atoms with van der Waals surface area (Å²) in [6, 6.07) is 14.9. The summed E-state index contributed by atoms with van der Waals surface area (Å²) in [5.74, 6) is 0.0979. The summed E-state index contributed by atoms with van der Waals surface area (Å²) in [7, 11) is -3.22. The van der Waals surface area contributed by atoms with E-state index in [1.807, 2.05) is 30.3 Å². The molecule has 0 saturated heterocycles. The molecule has 1 N–H and O–H groups in total. The van der Waals surface area contributed by atoms with Gasteiger partial charge in [0.1, 0.15) is 0 Å². The van der Waals surface area contributed by atoms with E-state index in [0.29, 0.717) is 17.1 Å². The lowest BCUT2D eigenvalue weighted by molar-refractivity contribution is 0.597. The molecule has 0 heterocycles. The number of halogens is 1. The molecule has 0 radical (unpaired) electrons. The lowest BCUT2D eigenvalue weighted by atomic mass is 10.2. The molecule has 0 spiro atoms. The van der Waals surface area contributed by atoms with Gasteiger partial charge >= 0.3 is 0 Å². The highest BCUT2D eigenvalue weighted by Crippen LogP contribution is 2.24. The van der Waals surface area contributed by atoms with Crippen molar-refractivity contribution < 1.29 is 8.42 Å². The predicted octanol–water partition coefficient (Wildman–Crippen LogP) is 3.85. The zero-order valence-electron chi connectivity index (χ0n) is 11.1. The summed E-state index contributed by atoms with van der Waals surface area (Å²) < 4.78 is 25.1. The number of anilines is 1. The highest BCUT2D eigenvalue weighted by molar-refractivity contribution is 9.10. The maximum atomic E-state index is 12.1. The summed E-state index contributed by atoms with van der Waals surface area (Å²) in [6.07, 6.45) is 0. The van der Waals surface area contributed by atoms with E-state index in [2.05, 4.69) is 21.2 Å². The number of hydrogen-bond acceptors (Lipinski definition) is 3. The first kappa shape index (κ1) is 15.1. The minimum atomic E-state index is -3.22. The second kappa shape index (κ2) is 6.41. The minimum Gasteiger partial charge on any atom is -0.380 e. The van der Waals surface area contributed by atoms with Crippen molar-refractivity contribution in [1.29, 1.82) is 0 Å². The van der Waals surface area contributed by atoms with Crippen LogP contribution >= 0.6 is 15.9 Å². The van der Waals surface area contributed by atoms with Crippen LogP contribution in [0.4, 0.5) is 5.69 Å². The number of rotatable bonds is 5. The number of para-hydroxylation sites is 1. The molecule has 2 aromatic rings. The highest BCUT2D eigenvalue weighted by atomic mass is 79.9. The third-order valence-electron chi connectivity index (χ3n) is 3.03. The molecule has 5 heteroatoms. The monoisotopic (exact) mass is 353 g/mol. The molecule has 3 nitrogen and oxygen atoms in total. The van der Waals surface area contributed by atoms with Crippen LogP contribution in [0.3, 0.4) is 0 Å². The molecule has 0 aliphatic rings. The van der Waals surface area contributed by atoms with Crippen LogP contribution in [0.1, 0.15) is 12.5 Å². The van der Waals surface area contributed by atoms with E-state index in [1.54, 1.807) is 25.1 Å². The second-order valence-corrected chi connectivity index (χ2v) is 7.45. The van der Waals surface area contributed by atoms with Gasteiger partial charge in [0.05, 0.1) is 16.3 Å². The summed E-state index contributed by atoms with van der Waals surface area (Å²) in [6.45, 7) is 2.22. The van der Waals surface area contributed by atoms with Gasteiger partial charge in [-0.2, -0.15) is 0 Å². The van der Waals surface area contributed by atoms with Crippen molar-refractivity contribution in [2.24, 2.45) is 0 Å². The minimum absolute atomic E-state index is 0.0979. The highest BCUT2D eigenvalue weighted by Gasteiger charge is 2.15. The van der Waals surface area contributed by atoms with Crippen molar-refractivity contribution in [3.63, 3.8) is 0 Å². The lowest BCUT2D eigenvalue weighted by Gasteiger charge is -2.12. The first-order valence-corrected chi connectivity index (χ1v) is 8.78. The quantitative estimate of drug-likeness (QED) is 0.887. The Morgan fingerprint density at radius 2 is 1.70 bits per heavy atom. The van der Waals surface area contributed by atoms with E-state index >= 15 is 0 Å². The smallest absolute Gasteiger partial charge is 0.180 e. The van der Waals surface area contributed by atoms with E-state index in [4.69, 9.17) is 0 Å². The van der Waals surface area contributed by atoms with Crippen LogP contribution in [0, 0.1) is 0 Å². The molecule has 0 fully saturated rings. The molecule has 20 heavy (non-hydrogen) atoms. The molecular formula is C15H16BrNO2S. The fourth-order valence-corrected chi connectivity index (χ4v) is 3.37. The number of benzene rings is 2. The van der Waals surface area contributed by atoms with Gasteiger partial charge in [-0.05, 0) is 23.8 Å². The summed E-state index contributed by atoms with van der Waals surface area (Å²) in [5, 5.41) is 3.20. The zero-order chi connectivity index (χ0) is 14.6. The number of hydrogen-bond donors (Lipinski definition) is 1. The third kappa shape index (κ3) is 3.41. The lowest BCUT2D eigenvalue weighted by Crippen LogP contribution is -2.09. The van der Waals surface area contributed by atoms with Crippen LogP contribution in [0.2, 0.25) is 0 Å². The summed E-state index contributed by atoms with van der Waals surface area (Å²) >= 11 is 3.48. The van der Waals surface area contributed by atoms with Gasteiger partial charge in [-0.25, -0.2) is 8.42 Å². The fraction of sp³-hybridized carbons (Fsp3) is 0.200. The molecule has 0 amide bonds. The van der Waals surface area contributed by atoms with Crippen LogP contribution in [0.15, 0.2) is 57.9 Å². The van der Waals surface area contributed by atoms with Gasteiger partial charge < -0.3 is 5.32 Å². The van der Waals surface area contributed by atoms with Crippen molar-refractivity contribution in [3.8, 4) is 0 Å². The molecule has 106 valence electrons. The number of sulfone groups is 1. The van der Waals surface area contributed by atoms with E-state index in [1.165, 1.54) is 0 Å². The Hall–Kier alpha value is -1.33. The van der Waals surface area contributed by atoms with E-state index < -0.39 is 9.84 Å². The Labute approximate surface area is 128 Å². The Bertz CT molecular complexity index is 699. The first-order valence-electron chi connectivity index (χ1n) is 6.33. The zero-order valence-corrected chi connectivity index (χ0v) is 13.5. The van der Waals surface area contributed by atoms with Gasteiger partial charge in [0, 0.05) is 11.0 Å². The largest absolute Gasteiger partial charge is 0.380 e. The van der Waals surface area contributed by atoms with Crippen LogP contribution < -0.4 is 5.32 Å². The van der Waals surface area contributed by atoms with E-state index in [-0.39, 0.29) is 5.75 Å². The van der Waals surface area contributed by atoms with Gasteiger partial charge in [0.25, 0.3) is 0 Å². The molecular weight excluding hydrogens is 338 g/mol. The molecule has 0 unspecified atom stereocenters. The second-order valence-electron chi connectivity index (χ2n) is 4.34. The van der Waals surface area contributed by atoms with Crippen molar-refractivity contribution >= 4 is 31.5 Å². The normalized spacial score (nSPS) is 11.3. The molecule has 0 saturated carbocycles. The number of nitrogens with one attached hydrogen (secondary N) is 1. The Morgan fingerprint density at radius 3 is 2.40 bits per heavy atom. The fourth-order valence-electron chi connectivity index (χ4n) is 1.87. The third-order valence-corrected chi connectivity index (χ3v) is 5.59. The summed E-state index contributed by atoms with van der Waals surface area (Å²) in [5.41, 5.74) is 1.72. The Morgan fingerprint density at radius 1 is 1.05 bits per heavy atom. The van der Waals surface area contributed by atoms with Crippen molar-refractivity contribution in [1.82, 2.24) is 0 Å². The van der Waals surface area contributed by atoms with Crippen LogP contribution in [-0.4, -0.2) is 14.2 Å². The maximum Gasteiger partial charge on any atom is 0.180 e.